The van der Waals surface area contributed by atoms with Gasteiger partial charge in [-0.3, -0.25) is 4.79 Å². The van der Waals surface area contributed by atoms with Crippen LogP contribution < -0.4 is 5.32 Å². The zero-order valence-electron chi connectivity index (χ0n) is 11.3. The van der Waals surface area contributed by atoms with Gasteiger partial charge in [-0.05, 0) is 19.1 Å². The first kappa shape index (κ1) is 14.3. The van der Waals surface area contributed by atoms with Crippen LogP contribution in [-0.2, 0) is 9.53 Å². The van der Waals surface area contributed by atoms with Crippen LogP contribution in [0.25, 0.3) is 0 Å². The van der Waals surface area contributed by atoms with Gasteiger partial charge in [-0.2, -0.15) is 0 Å². The number of para-hydroxylation sites is 1. The lowest BCUT2D eigenvalue weighted by molar-refractivity contribution is -0.135. The number of nitrogens with one attached hydrogen (secondary N) is 1. The molecule has 1 aromatic carbocycles. The van der Waals surface area contributed by atoms with Gasteiger partial charge in [0.15, 0.2) is 0 Å². The summed E-state index contributed by atoms with van der Waals surface area (Å²) in [6.07, 6.45) is 0. The van der Waals surface area contributed by atoms with E-state index in [0.29, 0.717) is 32.0 Å². The van der Waals surface area contributed by atoms with E-state index in [9.17, 15) is 9.59 Å². The molecule has 0 saturated carbocycles. The molecular weight excluding hydrogens is 260 g/mol. The normalized spacial score (nSPS) is 16.6. The molecule has 0 bridgehead atoms. The lowest BCUT2D eigenvalue weighted by atomic mass is 10.1. The van der Waals surface area contributed by atoms with Crippen molar-refractivity contribution in [3.63, 3.8) is 0 Å². The van der Waals surface area contributed by atoms with Crippen molar-refractivity contribution < 1.29 is 19.4 Å². The molecule has 2 N–H and O–H groups in total. The molecular formula is C14H18N2O4. The summed E-state index contributed by atoms with van der Waals surface area (Å²) in [6.45, 7) is 3.97. The summed E-state index contributed by atoms with van der Waals surface area (Å²) in [7, 11) is 0. The fourth-order valence-electron chi connectivity index (χ4n) is 2.15. The second-order valence-electron chi connectivity index (χ2n) is 4.65. The first-order valence-electron chi connectivity index (χ1n) is 6.55. The molecule has 0 aliphatic carbocycles. The number of hydrogen-bond acceptors (Lipinski definition) is 4. The maximum absolute atomic E-state index is 12.2. The number of rotatable bonds is 4. The van der Waals surface area contributed by atoms with Crippen LogP contribution >= 0.6 is 0 Å². The van der Waals surface area contributed by atoms with Crippen LogP contribution in [0.2, 0.25) is 0 Å². The largest absolute Gasteiger partial charge is 0.478 e. The van der Waals surface area contributed by atoms with E-state index in [4.69, 9.17) is 9.84 Å². The molecule has 0 aromatic heterocycles. The van der Waals surface area contributed by atoms with Gasteiger partial charge >= 0.3 is 5.97 Å². The van der Waals surface area contributed by atoms with Gasteiger partial charge in [0.05, 0.1) is 18.8 Å². The minimum atomic E-state index is -1.01. The van der Waals surface area contributed by atoms with Crippen LogP contribution in [0.1, 0.15) is 17.3 Å². The predicted octanol–water partition coefficient (Wildman–Crippen LogP) is 1.04. The third-order valence-corrected chi connectivity index (χ3v) is 3.22. The number of anilines is 1. The van der Waals surface area contributed by atoms with E-state index >= 15 is 0 Å². The molecule has 1 saturated heterocycles. The molecule has 1 heterocycles. The zero-order valence-corrected chi connectivity index (χ0v) is 11.3. The van der Waals surface area contributed by atoms with Gasteiger partial charge in [0.1, 0.15) is 6.04 Å². The summed E-state index contributed by atoms with van der Waals surface area (Å²) in [5.74, 6) is -1.06. The van der Waals surface area contributed by atoms with E-state index in [1.165, 1.54) is 6.07 Å². The van der Waals surface area contributed by atoms with Crippen molar-refractivity contribution >= 4 is 17.6 Å². The molecule has 108 valence electrons. The molecule has 0 spiro atoms. The average Bonchev–Trinajstić information content (AvgIpc) is 2.47. The molecule has 1 aliphatic rings. The number of amides is 1. The average molecular weight is 278 g/mol. The zero-order chi connectivity index (χ0) is 14.5. The van der Waals surface area contributed by atoms with Crippen molar-refractivity contribution in [2.45, 2.75) is 13.0 Å². The second-order valence-corrected chi connectivity index (χ2v) is 4.65. The molecule has 1 amide bonds. The number of aromatic carboxylic acids is 1. The smallest absolute Gasteiger partial charge is 0.337 e. The third kappa shape index (κ3) is 3.27. The van der Waals surface area contributed by atoms with Crippen molar-refractivity contribution in [3.05, 3.63) is 29.8 Å². The molecule has 2 rings (SSSR count). The van der Waals surface area contributed by atoms with Crippen molar-refractivity contribution in [1.29, 1.82) is 0 Å². The summed E-state index contributed by atoms with van der Waals surface area (Å²) < 4.78 is 5.21. The lowest BCUT2D eigenvalue weighted by Crippen LogP contribution is -2.47. The lowest BCUT2D eigenvalue weighted by Gasteiger charge is -2.30. The van der Waals surface area contributed by atoms with Crippen molar-refractivity contribution in [3.8, 4) is 0 Å². The molecule has 1 aliphatic heterocycles. The Balaban J connectivity index is 2.05. The number of morpholine rings is 1. The third-order valence-electron chi connectivity index (χ3n) is 3.22. The number of carboxylic acid groups (broad SMARTS) is 1. The van der Waals surface area contributed by atoms with Crippen LogP contribution in [0.5, 0.6) is 0 Å². The van der Waals surface area contributed by atoms with Crippen molar-refractivity contribution in [1.82, 2.24) is 4.90 Å². The van der Waals surface area contributed by atoms with E-state index in [1.807, 2.05) is 0 Å². The summed E-state index contributed by atoms with van der Waals surface area (Å²) in [5, 5.41) is 12.1. The minimum Gasteiger partial charge on any atom is -0.478 e. The molecule has 0 radical (unpaired) electrons. The number of carbonyl (C=O) groups excluding carboxylic acids is 1. The van der Waals surface area contributed by atoms with Gasteiger partial charge < -0.3 is 20.1 Å². The molecule has 6 heteroatoms. The Morgan fingerprint density at radius 1 is 1.30 bits per heavy atom. The quantitative estimate of drug-likeness (QED) is 0.860. The Morgan fingerprint density at radius 2 is 1.95 bits per heavy atom. The SMILES string of the molecule is CC(Nc1ccccc1C(=O)O)C(=O)N1CCOCC1. The Morgan fingerprint density at radius 3 is 2.60 bits per heavy atom. The van der Waals surface area contributed by atoms with Crippen LogP contribution in [0.4, 0.5) is 5.69 Å². The van der Waals surface area contributed by atoms with Gasteiger partial charge in [-0.15, -0.1) is 0 Å². The van der Waals surface area contributed by atoms with Gasteiger partial charge in [0.25, 0.3) is 0 Å². The van der Waals surface area contributed by atoms with Gasteiger partial charge in [0.2, 0.25) is 5.91 Å². The van der Waals surface area contributed by atoms with E-state index in [0.717, 1.165) is 0 Å². The Bertz CT molecular complexity index is 498. The van der Waals surface area contributed by atoms with Crippen molar-refractivity contribution in [2.24, 2.45) is 0 Å². The fraction of sp³-hybridized carbons (Fsp3) is 0.429. The van der Waals surface area contributed by atoms with E-state index in [1.54, 1.807) is 30.0 Å². The highest BCUT2D eigenvalue weighted by atomic mass is 16.5. The van der Waals surface area contributed by atoms with E-state index in [-0.39, 0.29) is 11.5 Å². The number of benzene rings is 1. The summed E-state index contributed by atoms with van der Waals surface area (Å²) >= 11 is 0. The minimum absolute atomic E-state index is 0.0477. The second kappa shape index (κ2) is 6.38. The topological polar surface area (TPSA) is 78.9 Å². The number of carbonyl (C=O) groups is 2. The Labute approximate surface area is 117 Å². The van der Waals surface area contributed by atoms with Crippen LogP contribution in [0.15, 0.2) is 24.3 Å². The first-order chi connectivity index (χ1) is 9.59. The standard InChI is InChI=1S/C14H18N2O4/c1-10(13(17)16-6-8-20-9-7-16)15-12-5-3-2-4-11(12)14(18)19/h2-5,10,15H,6-9H2,1H3,(H,18,19). The fourth-order valence-corrected chi connectivity index (χ4v) is 2.15. The molecule has 1 aromatic rings. The van der Waals surface area contributed by atoms with Crippen LogP contribution in [0.3, 0.4) is 0 Å². The molecule has 1 unspecified atom stereocenters. The van der Waals surface area contributed by atoms with E-state index in [2.05, 4.69) is 5.32 Å². The first-order valence-corrected chi connectivity index (χ1v) is 6.55. The highest BCUT2D eigenvalue weighted by Gasteiger charge is 2.23. The molecule has 6 nitrogen and oxygen atoms in total. The number of hydrogen-bond donors (Lipinski definition) is 2. The Kier molecular flexibility index (Phi) is 4.57. The van der Waals surface area contributed by atoms with Crippen molar-refractivity contribution in [2.75, 3.05) is 31.6 Å². The predicted molar refractivity (Wildman–Crippen MR) is 73.9 cm³/mol. The molecule has 1 fully saturated rings. The Hall–Kier alpha value is -2.08. The van der Waals surface area contributed by atoms with Gasteiger partial charge in [0, 0.05) is 18.8 Å². The van der Waals surface area contributed by atoms with Gasteiger partial charge in [-0.25, -0.2) is 4.79 Å². The van der Waals surface area contributed by atoms with Crippen LogP contribution in [-0.4, -0.2) is 54.2 Å². The van der Waals surface area contributed by atoms with Crippen LogP contribution in [0, 0.1) is 0 Å². The molecule has 1 atom stereocenters. The maximum atomic E-state index is 12.2. The molecule has 20 heavy (non-hydrogen) atoms. The summed E-state index contributed by atoms with van der Waals surface area (Å²) in [4.78, 5) is 25.1. The highest BCUT2D eigenvalue weighted by molar-refractivity contribution is 5.95. The number of nitrogens with zero attached hydrogens (tertiary/aromatic N) is 1. The number of carboxylic acids is 1. The number of ether oxygens (including phenoxy) is 1. The maximum Gasteiger partial charge on any atom is 0.337 e. The van der Waals surface area contributed by atoms with Gasteiger partial charge in [-0.1, -0.05) is 12.1 Å². The summed E-state index contributed by atoms with van der Waals surface area (Å²) in [5.41, 5.74) is 0.614. The van der Waals surface area contributed by atoms with E-state index < -0.39 is 12.0 Å². The monoisotopic (exact) mass is 278 g/mol. The highest BCUT2D eigenvalue weighted by Crippen LogP contribution is 2.16. The summed E-state index contributed by atoms with van der Waals surface area (Å²) in [6, 6.07) is 6.08.